The molecule has 2 heterocycles. The molecule has 4 nitrogen and oxygen atoms in total. The number of nitrogens with one attached hydrogen (secondary N) is 1. The Morgan fingerprint density at radius 3 is 2.68 bits per heavy atom. The second-order valence-corrected chi connectivity index (χ2v) is 9.38. The molecule has 3 aromatic carbocycles. The van der Waals surface area contributed by atoms with Gasteiger partial charge in [-0.05, 0) is 60.7 Å². The Morgan fingerprint density at radius 1 is 1.00 bits per heavy atom. The van der Waals surface area contributed by atoms with Crippen molar-refractivity contribution in [1.82, 2.24) is 15.2 Å². The lowest BCUT2D eigenvalue weighted by Gasteiger charge is -2.40. The Labute approximate surface area is 205 Å². The normalized spacial score (nSPS) is 18.2. The van der Waals surface area contributed by atoms with Gasteiger partial charge in [-0.2, -0.15) is 0 Å². The zero-order valence-corrected chi connectivity index (χ0v) is 19.8. The van der Waals surface area contributed by atoms with Crippen molar-refractivity contribution >= 4 is 28.4 Å². The van der Waals surface area contributed by atoms with Gasteiger partial charge in [0.25, 0.3) is 5.91 Å². The van der Waals surface area contributed by atoms with Crippen LogP contribution < -0.4 is 5.32 Å². The molecule has 1 aliphatic rings. The Morgan fingerprint density at radius 2 is 1.82 bits per heavy atom. The molecular weight excluding hydrogens is 442 g/mol. The number of halogens is 1. The standard InChI is InChI=1S/C29H28ClN3O/c30-24-10-6-9-22(18-24)29(34)33-16-14-25(19-26(33)17-21-7-2-1-3-8-21)32-20-23-13-15-31-28-12-5-4-11-27(23)28/h1-13,15,18,25-26,32H,14,16-17,19-20H2/t25-,26+/m0/s1. The van der Waals surface area contributed by atoms with E-state index in [1.165, 1.54) is 16.5 Å². The molecule has 0 aliphatic carbocycles. The maximum absolute atomic E-state index is 13.4. The average Bonchev–Trinajstić information content (AvgIpc) is 2.88. The molecule has 0 unspecified atom stereocenters. The van der Waals surface area contributed by atoms with Crippen molar-refractivity contribution in [3.05, 3.63) is 113 Å². The van der Waals surface area contributed by atoms with Crippen LogP contribution in [0, 0.1) is 0 Å². The molecule has 1 saturated heterocycles. The van der Waals surface area contributed by atoms with Crippen LogP contribution in [0.2, 0.25) is 5.02 Å². The lowest BCUT2D eigenvalue weighted by Crippen LogP contribution is -2.51. The average molecular weight is 470 g/mol. The van der Waals surface area contributed by atoms with Crippen LogP contribution in [0.1, 0.15) is 34.3 Å². The number of hydrogen-bond acceptors (Lipinski definition) is 3. The van der Waals surface area contributed by atoms with E-state index in [1.807, 2.05) is 35.4 Å². The molecule has 5 heteroatoms. The van der Waals surface area contributed by atoms with E-state index in [1.54, 1.807) is 12.1 Å². The first-order valence-electron chi connectivity index (χ1n) is 11.8. The summed E-state index contributed by atoms with van der Waals surface area (Å²) in [6, 6.07) is 28.5. The predicted molar refractivity (Wildman–Crippen MR) is 138 cm³/mol. The monoisotopic (exact) mass is 469 g/mol. The number of carbonyl (C=O) groups is 1. The summed E-state index contributed by atoms with van der Waals surface area (Å²) >= 11 is 6.17. The topological polar surface area (TPSA) is 45.2 Å². The van der Waals surface area contributed by atoms with Crippen molar-refractivity contribution in [2.75, 3.05) is 6.54 Å². The predicted octanol–water partition coefficient (Wildman–Crippen LogP) is 5.89. The van der Waals surface area contributed by atoms with Crippen molar-refractivity contribution in [2.45, 2.75) is 37.9 Å². The number of hydrogen-bond donors (Lipinski definition) is 1. The van der Waals surface area contributed by atoms with Gasteiger partial charge >= 0.3 is 0 Å². The minimum atomic E-state index is 0.0574. The summed E-state index contributed by atoms with van der Waals surface area (Å²) in [4.78, 5) is 19.9. The summed E-state index contributed by atoms with van der Waals surface area (Å²) in [5.74, 6) is 0.0574. The molecule has 34 heavy (non-hydrogen) atoms. The molecule has 172 valence electrons. The van der Waals surface area contributed by atoms with Crippen molar-refractivity contribution in [1.29, 1.82) is 0 Å². The zero-order valence-electron chi connectivity index (χ0n) is 19.0. The van der Waals surface area contributed by atoms with Gasteiger partial charge in [0, 0.05) is 47.3 Å². The number of likely N-dealkylation sites (tertiary alicyclic amines) is 1. The molecule has 0 bridgehead atoms. The van der Waals surface area contributed by atoms with E-state index in [9.17, 15) is 4.79 Å². The highest BCUT2D eigenvalue weighted by atomic mass is 35.5. The molecule has 5 rings (SSSR count). The van der Waals surface area contributed by atoms with Crippen molar-refractivity contribution < 1.29 is 4.79 Å². The van der Waals surface area contributed by atoms with Crippen molar-refractivity contribution in [2.24, 2.45) is 0 Å². The summed E-state index contributed by atoms with van der Waals surface area (Å²) in [5.41, 5.74) is 4.17. The maximum atomic E-state index is 13.4. The SMILES string of the molecule is O=C(c1cccc(Cl)c1)N1CC[C@H](NCc2ccnc3ccccc23)C[C@H]1Cc1ccccc1. The maximum Gasteiger partial charge on any atom is 0.254 e. The first kappa shape index (κ1) is 22.6. The minimum Gasteiger partial charge on any atom is -0.335 e. The van der Waals surface area contributed by atoms with Crippen LogP contribution in [-0.4, -0.2) is 34.4 Å². The van der Waals surface area contributed by atoms with E-state index in [2.05, 4.69) is 58.8 Å². The number of piperidine rings is 1. The third-order valence-electron chi connectivity index (χ3n) is 6.68. The van der Waals surface area contributed by atoms with E-state index in [0.717, 1.165) is 37.9 Å². The van der Waals surface area contributed by atoms with Crippen LogP contribution in [0.3, 0.4) is 0 Å². The molecular formula is C29H28ClN3O. The fourth-order valence-corrected chi connectivity index (χ4v) is 5.12. The van der Waals surface area contributed by atoms with Crippen LogP contribution in [0.5, 0.6) is 0 Å². The highest BCUT2D eigenvalue weighted by Crippen LogP contribution is 2.25. The van der Waals surface area contributed by atoms with Gasteiger partial charge < -0.3 is 10.2 Å². The second-order valence-electron chi connectivity index (χ2n) is 8.94. The van der Waals surface area contributed by atoms with Gasteiger partial charge in [0.1, 0.15) is 0 Å². The lowest BCUT2D eigenvalue weighted by molar-refractivity contribution is 0.0576. The van der Waals surface area contributed by atoms with E-state index in [0.29, 0.717) is 16.6 Å². The molecule has 1 aliphatic heterocycles. The summed E-state index contributed by atoms with van der Waals surface area (Å²) in [6.45, 7) is 1.51. The Hall–Kier alpha value is -3.21. The van der Waals surface area contributed by atoms with Gasteiger partial charge in [0.2, 0.25) is 0 Å². The van der Waals surface area contributed by atoms with Crippen molar-refractivity contribution in [3.8, 4) is 0 Å². The number of para-hydroxylation sites is 1. The van der Waals surface area contributed by atoms with Crippen LogP contribution in [0.15, 0.2) is 91.1 Å². The molecule has 2 atom stereocenters. The quantitative estimate of drug-likeness (QED) is 0.382. The molecule has 1 fully saturated rings. The molecule has 1 amide bonds. The van der Waals surface area contributed by atoms with Crippen LogP contribution in [-0.2, 0) is 13.0 Å². The summed E-state index contributed by atoms with van der Waals surface area (Å²) in [7, 11) is 0. The minimum absolute atomic E-state index is 0.0574. The largest absolute Gasteiger partial charge is 0.335 e. The summed E-state index contributed by atoms with van der Waals surface area (Å²) in [6.07, 6.45) is 4.54. The molecule has 1 N–H and O–H groups in total. The number of aromatic nitrogens is 1. The Balaban J connectivity index is 1.33. The van der Waals surface area contributed by atoms with Crippen LogP contribution >= 0.6 is 11.6 Å². The highest BCUT2D eigenvalue weighted by Gasteiger charge is 2.32. The van der Waals surface area contributed by atoms with E-state index in [-0.39, 0.29) is 11.9 Å². The fraction of sp³-hybridized carbons (Fsp3) is 0.241. The summed E-state index contributed by atoms with van der Waals surface area (Å²) < 4.78 is 0. The van der Waals surface area contributed by atoms with Crippen LogP contribution in [0.4, 0.5) is 0 Å². The number of pyridine rings is 1. The highest BCUT2D eigenvalue weighted by molar-refractivity contribution is 6.30. The fourth-order valence-electron chi connectivity index (χ4n) is 4.93. The third-order valence-corrected chi connectivity index (χ3v) is 6.92. The summed E-state index contributed by atoms with van der Waals surface area (Å²) in [5, 5.41) is 5.54. The van der Waals surface area contributed by atoms with Gasteiger partial charge in [0.15, 0.2) is 0 Å². The number of nitrogens with zero attached hydrogens (tertiary/aromatic N) is 2. The number of benzene rings is 3. The second kappa shape index (κ2) is 10.4. The molecule has 1 aromatic heterocycles. The van der Waals surface area contributed by atoms with Gasteiger partial charge in [0.05, 0.1) is 5.52 Å². The van der Waals surface area contributed by atoms with E-state index in [4.69, 9.17) is 11.6 Å². The Bertz CT molecular complexity index is 1270. The Kier molecular flexibility index (Phi) is 6.89. The molecule has 0 saturated carbocycles. The number of carbonyl (C=O) groups excluding carboxylic acids is 1. The lowest BCUT2D eigenvalue weighted by atomic mass is 9.91. The van der Waals surface area contributed by atoms with Gasteiger partial charge in [-0.25, -0.2) is 0 Å². The number of amides is 1. The molecule has 0 spiro atoms. The zero-order chi connectivity index (χ0) is 23.3. The van der Waals surface area contributed by atoms with Crippen molar-refractivity contribution in [3.63, 3.8) is 0 Å². The first-order valence-corrected chi connectivity index (χ1v) is 12.2. The molecule has 0 radical (unpaired) electrons. The van der Waals surface area contributed by atoms with E-state index >= 15 is 0 Å². The third kappa shape index (κ3) is 5.14. The number of fused-ring (bicyclic) bond motifs is 1. The first-order chi connectivity index (χ1) is 16.7. The van der Waals surface area contributed by atoms with Crippen LogP contribution in [0.25, 0.3) is 10.9 Å². The number of rotatable bonds is 6. The van der Waals surface area contributed by atoms with E-state index < -0.39 is 0 Å². The van der Waals surface area contributed by atoms with Gasteiger partial charge in [-0.3, -0.25) is 9.78 Å². The smallest absolute Gasteiger partial charge is 0.254 e. The van der Waals surface area contributed by atoms with Gasteiger partial charge in [-0.1, -0.05) is 66.2 Å². The molecule has 4 aromatic rings. The van der Waals surface area contributed by atoms with Gasteiger partial charge in [-0.15, -0.1) is 0 Å².